The number of rotatable bonds is 2. The maximum atomic E-state index is 12.7. The van der Waals surface area contributed by atoms with E-state index in [-0.39, 0.29) is 22.5 Å². The fourth-order valence-electron chi connectivity index (χ4n) is 2.15. The second-order valence-corrected chi connectivity index (χ2v) is 5.20. The molecule has 0 saturated carbocycles. The summed E-state index contributed by atoms with van der Waals surface area (Å²) in [6, 6.07) is 3.03. The first-order chi connectivity index (χ1) is 9.36. The second-order valence-electron chi connectivity index (χ2n) is 4.76. The number of alkyl halides is 3. The van der Waals surface area contributed by atoms with Crippen LogP contribution in [0, 0.1) is 5.92 Å². The quantitative estimate of drug-likeness (QED) is 0.880. The van der Waals surface area contributed by atoms with E-state index >= 15 is 0 Å². The van der Waals surface area contributed by atoms with Gasteiger partial charge in [0.2, 0.25) is 5.91 Å². The van der Waals surface area contributed by atoms with Crippen molar-refractivity contribution in [1.29, 1.82) is 0 Å². The lowest BCUT2D eigenvalue weighted by molar-refractivity contribution is -0.137. The first-order valence-corrected chi connectivity index (χ1v) is 6.63. The molecule has 7 heteroatoms. The molecular formula is C13H14ClF3N2O. The van der Waals surface area contributed by atoms with Crippen LogP contribution in [0.3, 0.4) is 0 Å². The van der Waals surface area contributed by atoms with Crippen LogP contribution in [0.5, 0.6) is 0 Å². The summed E-state index contributed by atoms with van der Waals surface area (Å²) in [5.74, 6) is -0.510. The van der Waals surface area contributed by atoms with Crippen molar-refractivity contribution in [2.45, 2.75) is 19.0 Å². The zero-order chi connectivity index (χ0) is 14.8. The number of piperidine rings is 1. The predicted octanol–water partition coefficient (Wildman–Crippen LogP) is 3.30. The monoisotopic (exact) mass is 306 g/mol. The van der Waals surface area contributed by atoms with Crippen LogP contribution in [0.2, 0.25) is 5.02 Å². The van der Waals surface area contributed by atoms with E-state index in [2.05, 4.69) is 10.6 Å². The standard InChI is InChI=1S/C13H14ClF3N2O/c14-10-4-9(13(15,16)17)5-11(6-10)19-12(20)8-2-1-3-18-7-8/h4-6,8,18H,1-3,7H2,(H,19,20)/t8-/m1/s1. The van der Waals surface area contributed by atoms with Crippen LogP contribution >= 0.6 is 11.6 Å². The molecule has 3 nitrogen and oxygen atoms in total. The lowest BCUT2D eigenvalue weighted by Crippen LogP contribution is -2.37. The summed E-state index contributed by atoms with van der Waals surface area (Å²) in [5.41, 5.74) is -0.803. The van der Waals surface area contributed by atoms with Crippen LogP contribution in [-0.2, 0) is 11.0 Å². The van der Waals surface area contributed by atoms with Gasteiger partial charge in [0, 0.05) is 17.3 Å². The van der Waals surface area contributed by atoms with Crippen LogP contribution < -0.4 is 10.6 Å². The topological polar surface area (TPSA) is 41.1 Å². The third-order valence-corrected chi connectivity index (χ3v) is 3.38. The molecule has 1 aliphatic rings. The third-order valence-electron chi connectivity index (χ3n) is 3.16. The zero-order valence-electron chi connectivity index (χ0n) is 10.6. The van der Waals surface area contributed by atoms with Gasteiger partial charge in [-0.1, -0.05) is 11.6 Å². The molecule has 0 aliphatic carbocycles. The number of carbonyl (C=O) groups is 1. The third kappa shape index (κ3) is 3.86. The van der Waals surface area contributed by atoms with E-state index in [1.54, 1.807) is 0 Å². The number of halogens is 4. The van der Waals surface area contributed by atoms with Crippen molar-refractivity contribution in [3.63, 3.8) is 0 Å². The highest BCUT2D eigenvalue weighted by atomic mass is 35.5. The molecule has 1 aromatic carbocycles. The van der Waals surface area contributed by atoms with Crippen LogP contribution in [0.25, 0.3) is 0 Å². The maximum absolute atomic E-state index is 12.7. The number of hydrogen-bond donors (Lipinski definition) is 2. The summed E-state index contributed by atoms with van der Waals surface area (Å²) in [5, 5.41) is 5.52. The normalized spacial score (nSPS) is 19.7. The Bertz CT molecular complexity index is 499. The first-order valence-electron chi connectivity index (χ1n) is 6.25. The van der Waals surface area contributed by atoms with E-state index in [0.29, 0.717) is 6.54 Å². The molecule has 0 aromatic heterocycles. The van der Waals surface area contributed by atoms with Crippen molar-refractivity contribution in [1.82, 2.24) is 5.32 Å². The molecule has 0 bridgehead atoms. The molecule has 1 aromatic rings. The molecule has 2 N–H and O–H groups in total. The molecule has 110 valence electrons. The number of hydrogen-bond acceptors (Lipinski definition) is 2. The lowest BCUT2D eigenvalue weighted by atomic mass is 9.99. The van der Waals surface area contributed by atoms with Gasteiger partial charge in [0.25, 0.3) is 0 Å². The predicted molar refractivity (Wildman–Crippen MR) is 70.7 cm³/mol. The summed E-state index contributed by atoms with van der Waals surface area (Å²) >= 11 is 5.66. The van der Waals surface area contributed by atoms with Crippen LogP contribution in [0.15, 0.2) is 18.2 Å². The highest BCUT2D eigenvalue weighted by molar-refractivity contribution is 6.31. The fraction of sp³-hybridized carbons (Fsp3) is 0.462. The van der Waals surface area contributed by atoms with Gasteiger partial charge in [0.1, 0.15) is 0 Å². The van der Waals surface area contributed by atoms with E-state index in [9.17, 15) is 18.0 Å². The summed E-state index contributed by atoms with van der Waals surface area (Å²) < 4.78 is 38.0. The fourth-order valence-corrected chi connectivity index (χ4v) is 2.38. The molecule has 1 heterocycles. The number of carbonyl (C=O) groups excluding carboxylic acids is 1. The number of benzene rings is 1. The Morgan fingerprint density at radius 3 is 2.70 bits per heavy atom. The van der Waals surface area contributed by atoms with Gasteiger partial charge in [-0.3, -0.25) is 4.79 Å². The maximum Gasteiger partial charge on any atom is 0.416 e. The highest BCUT2D eigenvalue weighted by Gasteiger charge is 2.31. The van der Waals surface area contributed by atoms with E-state index in [1.807, 2.05) is 0 Å². The van der Waals surface area contributed by atoms with Gasteiger partial charge in [-0.15, -0.1) is 0 Å². The van der Waals surface area contributed by atoms with Crippen LogP contribution in [0.4, 0.5) is 18.9 Å². The van der Waals surface area contributed by atoms with Crippen molar-refractivity contribution < 1.29 is 18.0 Å². The summed E-state index contributed by atoms with van der Waals surface area (Å²) in [6.07, 6.45) is -2.89. The molecular weight excluding hydrogens is 293 g/mol. The Morgan fingerprint density at radius 1 is 1.35 bits per heavy atom. The van der Waals surface area contributed by atoms with Crippen molar-refractivity contribution in [3.8, 4) is 0 Å². The van der Waals surface area contributed by atoms with Crippen LogP contribution in [-0.4, -0.2) is 19.0 Å². The average molecular weight is 307 g/mol. The Hall–Kier alpha value is -1.27. The Kier molecular flexibility index (Phi) is 4.55. The Balaban J connectivity index is 2.12. The molecule has 20 heavy (non-hydrogen) atoms. The van der Waals surface area contributed by atoms with Crippen molar-refractivity contribution in [3.05, 3.63) is 28.8 Å². The summed E-state index contributed by atoms with van der Waals surface area (Å²) in [6.45, 7) is 1.40. The van der Waals surface area contributed by atoms with Crippen molar-refractivity contribution in [2.75, 3.05) is 18.4 Å². The van der Waals surface area contributed by atoms with E-state index < -0.39 is 11.7 Å². The van der Waals surface area contributed by atoms with E-state index in [1.165, 1.54) is 6.07 Å². The summed E-state index contributed by atoms with van der Waals surface area (Å²) in [4.78, 5) is 12.0. The van der Waals surface area contributed by atoms with Gasteiger partial charge >= 0.3 is 6.18 Å². The molecule has 1 amide bonds. The largest absolute Gasteiger partial charge is 0.416 e. The minimum atomic E-state index is -4.49. The number of nitrogens with one attached hydrogen (secondary N) is 2. The molecule has 0 radical (unpaired) electrons. The molecule has 1 fully saturated rings. The minimum absolute atomic E-state index is 0.0584. The molecule has 1 aliphatic heterocycles. The SMILES string of the molecule is O=C(Nc1cc(Cl)cc(C(F)(F)F)c1)[C@@H]1CCCNC1. The van der Waals surface area contributed by atoms with E-state index in [0.717, 1.165) is 31.5 Å². The first kappa shape index (κ1) is 15.1. The van der Waals surface area contributed by atoms with Crippen LogP contribution in [0.1, 0.15) is 18.4 Å². The highest BCUT2D eigenvalue weighted by Crippen LogP contribution is 2.33. The minimum Gasteiger partial charge on any atom is -0.326 e. The van der Waals surface area contributed by atoms with Crippen molar-refractivity contribution >= 4 is 23.2 Å². The Labute approximate surface area is 119 Å². The zero-order valence-corrected chi connectivity index (χ0v) is 11.3. The average Bonchev–Trinajstić information content (AvgIpc) is 2.38. The van der Waals surface area contributed by atoms with Gasteiger partial charge in [-0.2, -0.15) is 13.2 Å². The molecule has 0 unspecified atom stereocenters. The smallest absolute Gasteiger partial charge is 0.326 e. The van der Waals surface area contributed by atoms with Gasteiger partial charge in [-0.25, -0.2) is 0 Å². The molecule has 1 saturated heterocycles. The van der Waals surface area contributed by atoms with Crippen molar-refractivity contribution in [2.24, 2.45) is 5.92 Å². The second kappa shape index (κ2) is 6.01. The molecule has 1 atom stereocenters. The van der Waals surface area contributed by atoms with Gasteiger partial charge < -0.3 is 10.6 Å². The molecule has 0 spiro atoms. The van der Waals surface area contributed by atoms with E-state index in [4.69, 9.17) is 11.6 Å². The van der Waals surface area contributed by atoms with Gasteiger partial charge in [0.15, 0.2) is 0 Å². The van der Waals surface area contributed by atoms with Gasteiger partial charge in [-0.05, 0) is 37.6 Å². The Morgan fingerprint density at radius 2 is 2.10 bits per heavy atom. The number of amides is 1. The van der Waals surface area contributed by atoms with Gasteiger partial charge in [0.05, 0.1) is 11.5 Å². The number of anilines is 1. The lowest BCUT2D eigenvalue weighted by Gasteiger charge is -2.22. The summed E-state index contributed by atoms with van der Waals surface area (Å²) in [7, 11) is 0. The molecule has 2 rings (SSSR count).